The number of fused-ring (bicyclic) bond motifs is 1. The van der Waals surface area contributed by atoms with Gasteiger partial charge in [-0.3, -0.25) is 4.40 Å². The average molecular weight is 225 g/mol. The van der Waals surface area contributed by atoms with Crippen LogP contribution in [0.5, 0.6) is 0 Å². The van der Waals surface area contributed by atoms with Crippen LogP contribution in [0.4, 0.5) is 0 Å². The van der Waals surface area contributed by atoms with E-state index in [2.05, 4.69) is 33.9 Å². The Morgan fingerprint density at radius 1 is 1.50 bits per heavy atom. The van der Waals surface area contributed by atoms with Crippen molar-refractivity contribution in [1.82, 2.24) is 9.38 Å². The second-order valence-corrected chi connectivity index (χ2v) is 3.50. The lowest BCUT2D eigenvalue weighted by molar-refractivity contribution is 1.07. The summed E-state index contributed by atoms with van der Waals surface area (Å²) in [5.74, 6) is 0. The fraction of sp³-hybridized carbons (Fsp3) is 0.222. The third-order valence-electron chi connectivity index (χ3n) is 2.00. The molecule has 0 N–H and O–H groups in total. The molecule has 0 aliphatic rings. The minimum absolute atomic E-state index is 1.04. The quantitative estimate of drug-likeness (QED) is 0.682. The van der Waals surface area contributed by atoms with Crippen LogP contribution in [-0.4, -0.2) is 9.38 Å². The van der Waals surface area contributed by atoms with E-state index in [1.165, 1.54) is 11.1 Å². The SMILES string of the molecule is CCc1ccc(Br)n2cncc12. The average Bonchev–Trinajstić information content (AvgIpc) is 2.54. The number of imidazole rings is 1. The van der Waals surface area contributed by atoms with Gasteiger partial charge in [-0.1, -0.05) is 13.0 Å². The van der Waals surface area contributed by atoms with E-state index >= 15 is 0 Å². The standard InChI is InChI=1S/C9H9BrN2/c1-2-7-3-4-9(10)12-6-11-5-8(7)12/h3-6H,2H2,1H3. The van der Waals surface area contributed by atoms with E-state index in [4.69, 9.17) is 0 Å². The summed E-state index contributed by atoms with van der Waals surface area (Å²) in [6.45, 7) is 2.15. The second kappa shape index (κ2) is 2.90. The minimum atomic E-state index is 1.04. The van der Waals surface area contributed by atoms with Crippen LogP contribution in [-0.2, 0) is 6.42 Å². The number of rotatable bonds is 1. The van der Waals surface area contributed by atoms with Gasteiger partial charge in [0.05, 0.1) is 16.3 Å². The Balaban J connectivity index is 2.82. The van der Waals surface area contributed by atoms with E-state index in [1.54, 1.807) is 0 Å². The third-order valence-corrected chi connectivity index (χ3v) is 2.65. The fourth-order valence-electron chi connectivity index (χ4n) is 1.34. The largest absolute Gasteiger partial charge is 0.293 e. The summed E-state index contributed by atoms with van der Waals surface area (Å²) in [6, 6.07) is 4.18. The molecule has 2 nitrogen and oxygen atoms in total. The van der Waals surface area contributed by atoms with Crippen molar-refractivity contribution in [3.63, 3.8) is 0 Å². The number of hydrogen-bond acceptors (Lipinski definition) is 1. The van der Waals surface area contributed by atoms with Gasteiger partial charge in [0.15, 0.2) is 0 Å². The van der Waals surface area contributed by atoms with Crippen molar-refractivity contribution in [2.45, 2.75) is 13.3 Å². The molecule has 12 heavy (non-hydrogen) atoms. The molecule has 0 radical (unpaired) electrons. The summed E-state index contributed by atoms with van der Waals surface area (Å²) in [7, 11) is 0. The van der Waals surface area contributed by atoms with Gasteiger partial charge in [0.25, 0.3) is 0 Å². The summed E-state index contributed by atoms with van der Waals surface area (Å²) in [4.78, 5) is 4.10. The molecule has 0 spiro atoms. The summed E-state index contributed by atoms with van der Waals surface area (Å²) in [6.07, 6.45) is 4.75. The maximum atomic E-state index is 4.10. The highest BCUT2D eigenvalue weighted by Gasteiger charge is 2.01. The zero-order valence-electron chi connectivity index (χ0n) is 6.79. The zero-order valence-corrected chi connectivity index (χ0v) is 8.37. The number of halogens is 1. The van der Waals surface area contributed by atoms with Gasteiger partial charge in [-0.15, -0.1) is 0 Å². The predicted octanol–water partition coefficient (Wildman–Crippen LogP) is 2.66. The first-order valence-electron chi connectivity index (χ1n) is 3.92. The highest BCUT2D eigenvalue weighted by molar-refractivity contribution is 9.10. The highest BCUT2D eigenvalue weighted by Crippen LogP contribution is 2.17. The van der Waals surface area contributed by atoms with Crippen molar-refractivity contribution in [2.24, 2.45) is 0 Å². The molecule has 0 amide bonds. The molecular formula is C9H9BrN2. The zero-order chi connectivity index (χ0) is 8.55. The second-order valence-electron chi connectivity index (χ2n) is 2.68. The maximum absolute atomic E-state index is 4.10. The van der Waals surface area contributed by atoms with Crippen LogP contribution in [0, 0.1) is 0 Å². The van der Waals surface area contributed by atoms with Crippen molar-refractivity contribution in [3.05, 3.63) is 34.8 Å². The first-order valence-corrected chi connectivity index (χ1v) is 4.71. The van der Waals surface area contributed by atoms with Gasteiger partial charge in [-0.2, -0.15) is 0 Å². The van der Waals surface area contributed by atoms with Gasteiger partial charge in [-0.25, -0.2) is 4.98 Å². The lowest BCUT2D eigenvalue weighted by atomic mass is 10.2. The monoisotopic (exact) mass is 224 g/mol. The van der Waals surface area contributed by atoms with Crippen molar-refractivity contribution in [1.29, 1.82) is 0 Å². The molecule has 62 valence electrons. The summed E-state index contributed by atoms with van der Waals surface area (Å²) in [5, 5.41) is 0. The Labute approximate surface area is 79.4 Å². The van der Waals surface area contributed by atoms with Crippen LogP contribution in [0.2, 0.25) is 0 Å². The van der Waals surface area contributed by atoms with Crippen molar-refractivity contribution in [3.8, 4) is 0 Å². The van der Waals surface area contributed by atoms with Gasteiger partial charge < -0.3 is 0 Å². The Morgan fingerprint density at radius 3 is 3.08 bits per heavy atom. The van der Waals surface area contributed by atoms with Gasteiger partial charge in [-0.05, 0) is 34.0 Å². The van der Waals surface area contributed by atoms with E-state index in [1.807, 2.05) is 23.0 Å². The van der Waals surface area contributed by atoms with E-state index in [-0.39, 0.29) is 0 Å². The molecule has 0 bridgehead atoms. The summed E-state index contributed by atoms with van der Waals surface area (Å²) in [5.41, 5.74) is 2.52. The van der Waals surface area contributed by atoms with Crippen LogP contribution in [0.25, 0.3) is 5.52 Å². The van der Waals surface area contributed by atoms with Gasteiger partial charge in [0.2, 0.25) is 0 Å². The molecule has 0 unspecified atom stereocenters. The summed E-state index contributed by atoms with van der Waals surface area (Å²) < 4.78 is 3.09. The number of pyridine rings is 1. The van der Waals surface area contributed by atoms with Crippen LogP contribution in [0.15, 0.2) is 29.3 Å². The first kappa shape index (κ1) is 7.80. The molecule has 0 fully saturated rings. The number of aryl methyl sites for hydroxylation is 1. The molecule has 2 rings (SSSR count). The Kier molecular flexibility index (Phi) is 1.89. The molecule has 0 aromatic carbocycles. The molecule has 3 heteroatoms. The Bertz CT molecular complexity index is 406. The highest BCUT2D eigenvalue weighted by atomic mass is 79.9. The van der Waals surface area contributed by atoms with Crippen molar-refractivity contribution >= 4 is 21.4 Å². The lowest BCUT2D eigenvalue weighted by Gasteiger charge is -2.02. The van der Waals surface area contributed by atoms with Crippen LogP contribution >= 0.6 is 15.9 Å². The molecule has 2 aromatic rings. The normalized spacial score (nSPS) is 10.8. The molecule has 0 aliphatic heterocycles. The minimum Gasteiger partial charge on any atom is -0.293 e. The molecule has 2 aromatic heterocycles. The predicted molar refractivity (Wildman–Crippen MR) is 52.3 cm³/mol. The number of hydrogen-bond donors (Lipinski definition) is 0. The van der Waals surface area contributed by atoms with E-state index in [9.17, 15) is 0 Å². The Hall–Kier alpha value is -0.830. The molecule has 0 aliphatic carbocycles. The lowest BCUT2D eigenvalue weighted by Crippen LogP contribution is -1.89. The van der Waals surface area contributed by atoms with E-state index in [0.717, 1.165) is 11.0 Å². The smallest absolute Gasteiger partial charge is 0.100 e. The molecular weight excluding hydrogens is 216 g/mol. The van der Waals surface area contributed by atoms with E-state index < -0.39 is 0 Å². The van der Waals surface area contributed by atoms with Crippen LogP contribution in [0.1, 0.15) is 12.5 Å². The van der Waals surface area contributed by atoms with Crippen molar-refractivity contribution < 1.29 is 0 Å². The molecule has 0 saturated heterocycles. The summed E-state index contributed by atoms with van der Waals surface area (Å²) >= 11 is 3.46. The molecule has 0 saturated carbocycles. The first-order chi connectivity index (χ1) is 5.83. The van der Waals surface area contributed by atoms with Gasteiger partial charge >= 0.3 is 0 Å². The van der Waals surface area contributed by atoms with Gasteiger partial charge in [0.1, 0.15) is 6.33 Å². The number of aromatic nitrogens is 2. The van der Waals surface area contributed by atoms with Crippen LogP contribution in [0.3, 0.4) is 0 Å². The molecule has 2 heterocycles. The Morgan fingerprint density at radius 2 is 2.33 bits per heavy atom. The van der Waals surface area contributed by atoms with Crippen LogP contribution < -0.4 is 0 Å². The molecule has 0 atom stereocenters. The van der Waals surface area contributed by atoms with Crippen molar-refractivity contribution in [2.75, 3.05) is 0 Å². The van der Waals surface area contributed by atoms with E-state index in [0.29, 0.717) is 0 Å². The third kappa shape index (κ3) is 1.05. The fourth-order valence-corrected chi connectivity index (χ4v) is 1.75. The topological polar surface area (TPSA) is 17.3 Å². The van der Waals surface area contributed by atoms with Gasteiger partial charge in [0, 0.05) is 0 Å². The number of nitrogens with zero attached hydrogens (tertiary/aromatic N) is 2. The maximum Gasteiger partial charge on any atom is 0.100 e.